The molecule has 0 unspecified atom stereocenters. The first-order valence-electron chi connectivity index (χ1n) is 5.64. The summed E-state index contributed by atoms with van der Waals surface area (Å²) in [7, 11) is 0. The fourth-order valence-corrected chi connectivity index (χ4v) is 1.49. The van der Waals surface area contributed by atoms with E-state index in [1.807, 2.05) is 12.1 Å². The molecule has 0 radical (unpaired) electrons. The molecule has 0 heterocycles. The van der Waals surface area contributed by atoms with E-state index in [0.29, 0.717) is 12.5 Å². The van der Waals surface area contributed by atoms with Crippen LogP contribution in [0.1, 0.15) is 44.2 Å². The highest BCUT2D eigenvalue weighted by molar-refractivity contribution is 5.27. The molecule has 1 rings (SSSR count). The molecule has 1 aromatic carbocycles. The molecule has 0 aromatic heterocycles. The van der Waals surface area contributed by atoms with Gasteiger partial charge in [0, 0.05) is 12.1 Å². The van der Waals surface area contributed by atoms with E-state index in [0.717, 1.165) is 18.5 Å². The molecule has 0 aliphatic rings. The summed E-state index contributed by atoms with van der Waals surface area (Å²) in [5.41, 5.74) is 1.97. The van der Waals surface area contributed by atoms with Crippen molar-refractivity contribution in [3.8, 4) is 0 Å². The van der Waals surface area contributed by atoms with Crippen LogP contribution in [0, 0.1) is 5.82 Å². The van der Waals surface area contributed by atoms with Gasteiger partial charge in [0.1, 0.15) is 5.82 Å². The first-order chi connectivity index (χ1) is 7.15. The Morgan fingerprint density at radius 1 is 1.33 bits per heavy atom. The van der Waals surface area contributed by atoms with E-state index in [2.05, 4.69) is 26.1 Å². The Labute approximate surface area is 91.7 Å². The molecule has 84 valence electrons. The summed E-state index contributed by atoms with van der Waals surface area (Å²) in [4.78, 5) is 0. The third-order valence-corrected chi connectivity index (χ3v) is 2.48. The molecule has 0 aliphatic carbocycles. The zero-order valence-electron chi connectivity index (χ0n) is 9.81. The summed E-state index contributed by atoms with van der Waals surface area (Å²) in [6, 6.07) is 5.39. The van der Waals surface area contributed by atoms with Crippen LogP contribution >= 0.6 is 0 Å². The van der Waals surface area contributed by atoms with E-state index in [1.165, 1.54) is 5.56 Å². The van der Waals surface area contributed by atoms with Gasteiger partial charge in [-0.05, 0) is 30.5 Å². The number of nitrogens with one attached hydrogen (secondary N) is 1. The Kier molecular flexibility index (Phi) is 4.76. The van der Waals surface area contributed by atoms with Gasteiger partial charge in [-0.2, -0.15) is 0 Å². The van der Waals surface area contributed by atoms with Crippen molar-refractivity contribution in [2.75, 3.05) is 6.54 Å². The van der Waals surface area contributed by atoms with E-state index in [-0.39, 0.29) is 5.82 Å². The first kappa shape index (κ1) is 12.2. The molecular formula is C13H20FN. The highest BCUT2D eigenvalue weighted by Gasteiger charge is 2.05. The van der Waals surface area contributed by atoms with Crippen LogP contribution in [-0.4, -0.2) is 6.54 Å². The van der Waals surface area contributed by atoms with Crippen molar-refractivity contribution >= 4 is 0 Å². The van der Waals surface area contributed by atoms with Crippen molar-refractivity contribution in [2.24, 2.45) is 0 Å². The Morgan fingerprint density at radius 3 is 2.67 bits per heavy atom. The van der Waals surface area contributed by atoms with Gasteiger partial charge in [0.25, 0.3) is 0 Å². The van der Waals surface area contributed by atoms with Crippen LogP contribution in [0.25, 0.3) is 0 Å². The summed E-state index contributed by atoms with van der Waals surface area (Å²) >= 11 is 0. The van der Waals surface area contributed by atoms with Crippen molar-refractivity contribution in [3.05, 3.63) is 35.1 Å². The van der Waals surface area contributed by atoms with Crippen molar-refractivity contribution in [3.63, 3.8) is 0 Å². The average molecular weight is 209 g/mol. The lowest BCUT2D eigenvalue weighted by Crippen LogP contribution is -2.15. The summed E-state index contributed by atoms with van der Waals surface area (Å²) < 4.78 is 13.4. The second-order valence-electron chi connectivity index (χ2n) is 4.18. The van der Waals surface area contributed by atoms with Gasteiger partial charge in [-0.25, -0.2) is 4.39 Å². The molecule has 0 aliphatic heterocycles. The van der Waals surface area contributed by atoms with Crippen molar-refractivity contribution in [1.82, 2.24) is 5.32 Å². The fourth-order valence-electron chi connectivity index (χ4n) is 1.49. The van der Waals surface area contributed by atoms with Crippen molar-refractivity contribution in [1.29, 1.82) is 0 Å². The summed E-state index contributed by atoms with van der Waals surface area (Å²) in [5, 5.41) is 3.22. The van der Waals surface area contributed by atoms with Crippen LogP contribution in [0.5, 0.6) is 0 Å². The predicted octanol–water partition coefficient (Wildman–Crippen LogP) is 3.45. The molecule has 1 aromatic rings. The van der Waals surface area contributed by atoms with Crippen molar-refractivity contribution in [2.45, 2.75) is 39.7 Å². The summed E-state index contributed by atoms with van der Waals surface area (Å²) in [6.45, 7) is 7.91. The highest BCUT2D eigenvalue weighted by Crippen LogP contribution is 2.18. The van der Waals surface area contributed by atoms with Gasteiger partial charge in [0.2, 0.25) is 0 Å². The van der Waals surface area contributed by atoms with Gasteiger partial charge >= 0.3 is 0 Å². The van der Waals surface area contributed by atoms with Crippen LogP contribution in [0.4, 0.5) is 4.39 Å². The smallest absolute Gasteiger partial charge is 0.127 e. The topological polar surface area (TPSA) is 12.0 Å². The third-order valence-electron chi connectivity index (χ3n) is 2.48. The molecule has 15 heavy (non-hydrogen) atoms. The number of hydrogen-bond donors (Lipinski definition) is 1. The molecule has 0 atom stereocenters. The Hall–Kier alpha value is -0.890. The Balaban J connectivity index is 2.72. The molecule has 0 saturated carbocycles. The second-order valence-corrected chi connectivity index (χ2v) is 4.18. The molecule has 0 saturated heterocycles. The monoisotopic (exact) mass is 209 g/mol. The first-order valence-corrected chi connectivity index (χ1v) is 5.64. The average Bonchev–Trinajstić information content (AvgIpc) is 2.20. The number of halogens is 1. The fraction of sp³-hybridized carbons (Fsp3) is 0.538. The van der Waals surface area contributed by atoms with Crippen LogP contribution in [0.15, 0.2) is 18.2 Å². The van der Waals surface area contributed by atoms with E-state index in [1.54, 1.807) is 6.07 Å². The van der Waals surface area contributed by atoms with Crippen LogP contribution in [-0.2, 0) is 6.54 Å². The maximum atomic E-state index is 13.4. The molecular weight excluding hydrogens is 189 g/mol. The maximum Gasteiger partial charge on any atom is 0.127 e. The van der Waals surface area contributed by atoms with Gasteiger partial charge in [0.15, 0.2) is 0 Å². The second kappa shape index (κ2) is 5.86. The molecule has 1 N–H and O–H groups in total. The van der Waals surface area contributed by atoms with Gasteiger partial charge in [-0.1, -0.05) is 32.9 Å². The largest absolute Gasteiger partial charge is 0.313 e. The molecule has 0 amide bonds. The lowest BCUT2D eigenvalue weighted by Gasteiger charge is -2.10. The maximum absolute atomic E-state index is 13.4. The van der Waals surface area contributed by atoms with E-state index in [9.17, 15) is 4.39 Å². The highest BCUT2D eigenvalue weighted by atomic mass is 19.1. The minimum absolute atomic E-state index is 0.108. The van der Waals surface area contributed by atoms with Crippen molar-refractivity contribution < 1.29 is 4.39 Å². The lowest BCUT2D eigenvalue weighted by molar-refractivity contribution is 0.584. The molecule has 0 bridgehead atoms. The van der Waals surface area contributed by atoms with Gasteiger partial charge in [-0.3, -0.25) is 0 Å². The molecule has 0 fully saturated rings. The zero-order valence-corrected chi connectivity index (χ0v) is 9.81. The number of hydrogen-bond acceptors (Lipinski definition) is 1. The predicted molar refractivity (Wildman–Crippen MR) is 62.5 cm³/mol. The van der Waals surface area contributed by atoms with Crippen LogP contribution < -0.4 is 5.32 Å². The van der Waals surface area contributed by atoms with Gasteiger partial charge in [-0.15, -0.1) is 0 Å². The summed E-state index contributed by atoms with van der Waals surface area (Å²) in [6.07, 6.45) is 1.07. The lowest BCUT2D eigenvalue weighted by atomic mass is 10.0. The minimum atomic E-state index is -0.108. The normalized spacial score (nSPS) is 11.0. The number of rotatable bonds is 5. The minimum Gasteiger partial charge on any atom is -0.313 e. The van der Waals surface area contributed by atoms with Gasteiger partial charge in [0.05, 0.1) is 0 Å². The standard InChI is InChI=1S/C13H20FN/c1-4-7-15-9-12-8-11(10(2)3)5-6-13(12)14/h5-6,8,10,15H,4,7,9H2,1-3H3. The van der Waals surface area contributed by atoms with E-state index >= 15 is 0 Å². The van der Waals surface area contributed by atoms with Crippen LogP contribution in [0.2, 0.25) is 0 Å². The molecule has 1 nitrogen and oxygen atoms in total. The zero-order chi connectivity index (χ0) is 11.3. The third kappa shape index (κ3) is 3.63. The Morgan fingerprint density at radius 2 is 2.07 bits per heavy atom. The molecule has 2 heteroatoms. The number of benzene rings is 1. The van der Waals surface area contributed by atoms with Crippen LogP contribution in [0.3, 0.4) is 0 Å². The SMILES string of the molecule is CCCNCc1cc(C(C)C)ccc1F. The Bertz CT molecular complexity index is 307. The van der Waals surface area contributed by atoms with E-state index < -0.39 is 0 Å². The molecule has 0 spiro atoms. The van der Waals surface area contributed by atoms with Gasteiger partial charge < -0.3 is 5.32 Å². The van der Waals surface area contributed by atoms with E-state index in [4.69, 9.17) is 0 Å². The quantitative estimate of drug-likeness (QED) is 0.732. The summed E-state index contributed by atoms with van der Waals surface area (Å²) in [5.74, 6) is 0.346.